The third kappa shape index (κ3) is 4.78. The molecule has 1 fully saturated rings. The van der Waals surface area contributed by atoms with Gasteiger partial charge < -0.3 is 24.8 Å². The molecule has 2 aromatic rings. The normalized spacial score (nSPS) is 19.2. The van der Waals surface area contributed by atoms with Gasteiger partial charge in [-0.05, 0) is 30.5 Å². The van der Waals surface area contributed by atoms with Gasteiger partial charge in [0.05, 0.1) is 0 Å². The third-order valence-electron chi connectivity index (χ3n) is 4.89. The lowest BCUT2D eigenvalue weighted by Gasteiger charge is -2.32. The zero-order valence-corrected chi connectivity index (χ0v) is 17.6. The standard InChI is InChI=1S/C19H24N4O3.2ClH/c1-23(9-12-3-4-16-17(5-12)26-11-25-16)19-8-15(13-6-14(20)7-13)21-18(22-19)10-24-2;;/h3-5,8,13-14H,6-7,9-11,20H2,1-2H3;2*1H. The molecule has 7 nitrogen and oxygen atoms in total. The Kier molecular flexibility index (Phi) is 7.71. The fraction of sp³-hybridized carbons (Fsp3) is 0.474. The van der Waals surface area contributed by atoms with Crippen LogP contribution in [0.15, 0.2) is 24.3 Å². The van der Waals surface area contributed by atoms with Crippen molar-refractivity contribution in [2.45, 2.75) is 38.0 Å². The van der Waals surface area contributed by atoms with Crippen LogP contribution in [-0.2, 0) is 17.9 Å². The number of methoxy groups -OCH3 is 1. The number of nitrogens with zero attached hydrogens (tertiary/aromatic N) is 3. The van der Waals surface area contributed by atoms with Crippen LogP contribution in [-0.4, -0.2) is 37.0 Å². The second kappa shape index (κ2) is 9.60. The molecule has 1 aromatic carbocycles. The molecule has 2 heterocycles. The van der Waals surface area contributed by atoms with Gasteiger partial charge >= 0.3 is 0 Å². The Hall–Kier alpha value is -1.80. The molecule has 0 amide bonds. The first-order valence-electron chi connectivity index (χ1n) is 8.84. The maximum Gasteiger partial charge on any atom is 0.231 e. The van der Waals surface area contributed by atoms with Crippen molar-refractivity contribution in [1.29, 1.82) is 0 Å². The highest BCUT2D eigenvalue weighted by Gasteiger charge is 2.29. The molecular weight excluding hydrogens is 403 g/mol. The van der Waals surface area contributed by atoms with E-state index in [1.54, 1.807) is 7.11 Å². The SMILES string of the molecule is COCc1nc(C2CC(N)C2)cc(N(C)Cc2ccc3c(c2)OCO3)n1.Cl.Cl. The van der Waals surface area contributed by atoms with Gasteiger partial charge in [-0.25, -0.2) is 9.97 Å². The minimum Gasteiger partial charge on any atom is -0.454 e. The fourth-order valence-corrected chi connectivity index (χ4v) is 3.40. The van der Waals surface area contributed by atoms with Crippen molar-refractivity contribution in [3.8, 4) is 11.5 Å². The first-order chi connectivity index (χ1) is 12.6. The minimum absolute atomic E-state index is 0. The lowest BCUT2D eigenvalue weighted by Crippen LogP contribution is -2.35. The predicted octanol–water partition coefficient (Wildman–Crippen LogP) is 3.04. The van der Waals surface area contributed by atoms with E-state index in [0.717, 1.165) is 41.4 Å². The molecular formula is C19H26Cl2N4O3. The molecule has 0 unspecified atom stereocenters. The molecule has 28 heavy (non-hydrogen) atoms. The summed E-state index contributed by atoms with van der Waals surface area (Å²) in [6.45, 7) is 1.40. The largest absolute Gasteiger partial charge is 0.454 e. The van der Waals surface area contributed by atoms with Gasteiger partial charge in [0.1, 0.15) is 12.4 Å². The molecule has 9 heteroatoms. The molecule has 0 saturated heterocycles. The fourth-order valence-electron chi connectivity index (χ4n) is 3.40. The molecule has 0 spiro atoms. The molecule has 2 N–H and O–H groups in total. The highest BCUT2D eigenvalue weighted by molar-refractivity contribution is 5.85. The van der Waals surface area contributed by atoms with Crippen LogP contribution in [0.2, 0.25) is 0 Å². The molecule has 0 radical (unpaired) electrons. The van der Waals surface area contributed by atoms with Crippen LogP contribution in [0.1, 0.15) is 35.8 Å². The topological polar surface area (TPSA) is 82.7 Å². The van der Waals surface area contributed by atoms with Crippen LogP contribution < -0.4 is 20.1 Å². The van der Waals surface area contributed by atoms with Crippen LogP contribution in [0.25, 0.3) is 0 Å². The molecule has 1 aliphatic heterocycles. The maximum absolute atomic E-state index is 5.95. The van der Waals surface area contributed by atoms with E-state index < -0.39 is 0 Å². The average molecular weight is 429 g/mol. The van der Waals surface area contributed by atoms with Crippen LogP contribution in [0.3, 0.4) is 0 Å². The monoisotopic (exact) mass is 428 g/mol. The van der Waals surface area contributed by atoms with Crippen LogP contribution in [0, 0.1) is 0 Å². The summed E-state index contributed by atoms with van der Waals surface area (Å²) in [4.78, 5) is 11.4. The van der Waals surface area contributed by atoms with E-state index in [2.05, 4.69) is 20.9 Å². The zero-order chi connectivity index (χ0) is 18.1. The zero-order valence-electron chi connectivity index (χ0n) is 16.0. The molecule has 1 saturated carbocycles. The number of halogens is 2. The van der Waals surface area contributed by atoms with Crippen molar-refractivity contribution in [2.75, 3.05) is 25.9 Å². The summed E-state index contributed by atoms with van der Waals surface area (Å²) in [6, 6.07) is 8.37. The van der Waals surface area contributed by atoms with E-state index in [1.807, 2.05) is 25.2 Å². The van der Waals surface area contributed by atoms with Crippen molar-refractivity contribution in [3.63, 3.8) is 0 Å². The Balaban J connectivity index is 0.00000140. The van der Waals surface area contributed by atoms with E-state index in [0.29, 0.717) is 24.9 Å². The summed E-state index contributed by atoms with van der Waals surface area (Å²) >= 11 is 0. The molecule has 1 aliphatic carbocycles. The summed E-state index contributed by atoms with van der Waals surface area (Å²) < 4.78 is 16.1. The summed E-state index contributed by atoms with van der Waals surface area (Å²) in [7, 11) is 3.69. The van der Waals surface area contributed by atoms with Gasteiger partial charge in [0.15, 0.2) is 17.3 Å². The Bertz CT molecular complexity index is 803. The molecule has 1 aromatic heterocycles. The Morgan fingerprint density at radius 3 is 2.61 bits per heavy atom. The molecule has 2 aliphatic rings. The Morgan fingerprint density at radius 1 is 1.14 bits per heavy atom. The van der Waals surface area contributed by atoms with Crippen molar-refractivity contribution in [2.24, 2.45) is 5.73 Å². The number of nitrogens with two attached hydrogens (primary N) is 1. The van der Waals surface area contributed by atoms with E-state index in [-0.39, 0.29) is 37.6 Å². The van der Waals surface area contributed by atoms with Crippen molar-refractivity contribution in [3.05, 3.63) is 41.3 Å². The molecule has 0 bridgehead atoms. The lowest BCUT2D eigenvalue weighted by molar-refractivity contribution is 0.174. The van der Waals surface area contributed by atoms with E-state index >= 15 is 0 Å². The van der Waals surface area contributed by atoms with Crippen LogP contribution in [0.4, 0.5) is 5.82 Å². The Labute approximate surface area is 177 Å². The molecule has 0 atom stereocenters. The van der Waals surface area contributed by atoms with Crippen molar-refractivity contribution >= 4 is 30.6 Å². The number of fused-ring (bicyclic) bond motifs is 1. The summed E-state index contributed by atoms with van der Waals surface area (Å²) in [5.41, 5.74) is 8.14. The van der Waals surface area contributed by atoms with Crippen molar-refractivity contribution < 1.29 is 14.2 Å². The van der Waals surface area contributed by atoms with Crippen LogP contribution >= 0.6 is 24.8 Å². The van der Waals surface area contributed by atoms with E-state index in [4.69, 9.17) is 19.9 Å². The van der Waals surface area contributed by atoms with Gasteiger partial charge in [0.2, 0.25) is 6.79 Å². The highest BCUT2D eigenvalue weighted by atomic mass is 35.5. The Morgan fingerprint density at radius 2 is 1.89 bits per heavy atom. The third-order valence-corrected chi connectivity index (χ3v) is 4.89. The van der Waals surface area contributed by atoms with Gasteiger partial charge in [-0.2, -0.15) is 0 Å². The van der Waals surface area contributed by atoms with Gasteiger partial charge in [-0.15, -0.1) is 24.8 Å². The minimum atomic E-state index is 0. The van der Waals surface area contributed by atoms with E-state index in [1.165, 1.54) is 0 Å². The van der Waals surface area contributed by atoms with Crippen molar-refractivity contribution in [1.82, 2.24) is 9.97 Å². The van der Waals surface area contributed by atoms with Gasteiger partial charge in [0, 0.05) is 44.4 Å². The lowest BCUT2D eigenvalue weighted by atomic mass is 9.78. The summed E-state index contributed by atoms with van der Waals surface area (Å²) in [5.74, 6) is 3.60. The smallest absolute Gasteiger partial charge is 0.231 e. The number of ether oxygens (including phenoxy) is 3. The summed E-state index contributed by atoms with van der Waals surface area (Å²) in [5, 5.41) is 0. The first-order valence-corrected chi connectivity index (χ1v) is 8.84. The quantitative estimate of drug-likeness (QED) is 0.756. The highest BCUT2D eigenvalue weighted by Crippen LogP contribution is 2.36. The molecule has 154 valence electrons. The second-order valence-electron chi connectivity index (χ2n) is 6.97. The number of rotatable bonds is 6. The number of aromatic nitrogens is 2. The predicted molar refractivity (Wildman–Crippen MR) is 112 cm³/mol. The average Bonchev–Trinajstić information content (AvgIpc) is 3.06. The number of hydrogen-bond donors (Lipinski definition) is 1. The second-order valence-corrected chi connectivity index (χ2v) is 6.97. The van der Waals surface area contributed by atoms with Crippen LogP contribution in [0.5, 0.6) is 11.5 Å². The summed E-state index contributed by atoms with van der Waals surface area (Å²) in [6.07, 6.45) is 1.96. The first kappa shape index (κ1) is 22.5. The maximum atomic E-state index is 5.95. The number of hydrogen-bond acceptors (Lipinski definition) is 7. The number of benzene rings is 1. The van der Waals surface area contributed by atoms with E-state index in [9.17, 15) is 0 Å². The molecule has 4 rings (SSSR count). The van der Waals surface area contributed by atoms with Gasteiger partial charge in [-0.3, -0.25) is 0 Å². The number of anilines is 1. The van der Waals surface area contributed by atoms with Gasteiger partial charge in [-0.1, -0.05) is 6.07 Å². The van der Waals surface area contributed by atoms with Gasteiger partial charge in [0.25, 0.3) is 0 Å².